The number of halogens is 3. The van der Waals surface area contributed by atoms with Gasteiger partial charge in [0.25, 0.3) is 5.91 Å². The molecule has 1 aromatic carbocycles. The maximum absolute atomic E-state index is 13.3. The van der Waals surface area contributed by atoms with Crippen molar-refractivity contribution < 1.29 is 9.18 Å². The second kappa shape index (κ2) is 5.70. The van der Waals surface area contributed by atoms with Crippen LogP contribution in [0.25, 0.3) is 0 Å². The fourth-order valence-electron chi connectivity index (χ4n) is 2.34. The minimum atomic E-state index is -0.393. The Balaban J connectivity index is 2.25. The molecule has 0 bridgehead atoms. The van der Waals surface area contributed by atoms with Crippen LogP contribution < -0.4 is 0 Å². The molecular weight excluding hydrogens is 365 g/mol. The quantitative estimate of drug-likeness (QED) is 0.716. The van der Waals surface area contributed by atoms with Gasteiger partial charge in [0.2, 0.25) is 0 Å². The number of benzene rings is 1. The van der Waals surface area contributed by atoms with Crippen molar-refractivity contribution >= 4 is 37.8 Å². The Morgan fingerprint density at radius 2 is 2.22 bits per heavy atom. The molecule has 98 valence electrons. The first-order valence-corrected chi connectivity index (χ1v) is 7.77. The van der Waals surface area contributed by atoms with Gasteiger partial charge in [0.15, 0.2) is 0 Å². The summed E-state index contributed by atoms with van der Waals surface area (Å²) >= 11 is 6.66. The predicted molar refractivity (Wildman–Crippen MR) is 76.5 cm³/mol. The van der Waals surface area contributed by atoms with Crippen LogP contribution in [0.15, 0.2) is 22.7 Å². The number of hydrogen-bond donors (Lipinski definition) is 0. The van der Waals surface area contributed by atoms with Crippen LogP contribution in [-0.4, -0.2) is 28.7 Å². The van der Waals surface area contributed by atoms with Gasteiger partial charge in [-0.05, 0) is 30.5 Å². The number of hydrogen-bond acceptors (Lipinski definition) is 1. The molecule has 5 heteroatoms. The van der Waals surface area contributed by atoms with Crippen molar-refractivity contribution in [1.29, 1.82) is 0 Å². The van der Waals surface area contributed by atoms with Crippen LogP contribution in [0.4, 0.5) is 4.39 Å². The van der Waals surface area contributed by atoms with Gasteiger partial charge >= 0.3 is 0 Å². The maximum atomic E-state index is 13.3. The zero-order valence-corrected chi connectivity index (χ0v) is 13.2. The summed E-state index contributed by atoms with van der Waals surface area (Å²) in [5, 5.41) is 0.760. The predicted octanol–water partition coefficient (Wildman–Crippen LogP) is 3.83. The molecule has 2 rings (SSSR count). The highest BCUT2D eigenvalue weighted by atomic mass is 79.9. The lowest BCUT2D eigenvalue weighted by Crippen LogP contribution is -2.38. The zero-order chi connectivity index (χ0) is 13.3. The van der Waals surface area contributed by atoms with E-state index in [1.54, 1.807) is 6.07 Å². The van der Waals surface area contributed by atoms with Crippen LogP contribution in [0.1, 0.15) is 23.7 Å². The third-order valence-electron chi connectivity index (χ3n) is 3.41. The minimum absolute atomic E-state index is 0.0935. The minimum Gasteiger partial charge on any atom is -0.335 e. The summed E-state index contributed by atoms with van der Waals surface area (Å²) < 4.78 is 13.9. The standard InChI is InChI=1S/C13H14Br2FNO/c1-8-2-3-17(12(8)7-14)13(18)9-4-10(15)6-11(16)5-9/h4-6,8,12H,2-3,7H2,1H3. The van der Waals surface area contributed by atoms with E-state index in [0.29, 0.717) is 16.0 Å². The van der Waals surface area contributed by atoms with E-state index in [4.69, 9.17) is 0 Å². The summed E-state index contributed by atoms with van der Waals surface area (Å²) in [6.45, 7) is 2.88. The molecule has 0 N–H and O–H groups in total. The van der Waals surface area contributed by atoms with E-state index in [1.807, 2.05) is 4.90 Å². The molecule has 18 heavy (non-hydrogen) atoms. The first kappa shape index (κ1) is 14.0. The molecule has 2 unspecified atom stereocenters. The van der Waals surface area contributed by atoms with Gasteiger partial charge in [-0.2, -0.15) is 0 Å². The van der Waals surface area contributed by atoms with Gasteiger partial charge in [0.05, 0.1) is 0 Å². The number of carbonyl (C=O) groups is 1. The molecule has 2 nitrogen and oxygen atoms in total. The SMILES string of the molecule is CC1CCN(C(=O)c2cc(F)cc(Br)c2)C1CBr. The summed E-state index contributed by atoms with van der Waals surface area (Å²) in [4.78, 5) is 14.2. The van der Waals surface area contributed by atoms with Crippen molar-refractivity contribution in [1.82, 2.24) is 4.90 Å². The Hall–Kier alpha value is -0.420. The maximum Gasteiger partial charge on any atom is 0.254 e. The highest BCUT2D eigenvalue weighted by Crippen LogP contribution is 2.27. The van der Waals surface area contributed by atoms with E-state index in [9.17, 15) is 9.18 Å². The molecule has 1 aliphatic heterocycles. The first-order chi connectivity index (χ1) is 8.52. The molecule has 0 aromatic heterocycles. The number of nitrogens with zero attached hydrogens (tertiary/aromatic N) is 1. The lowest BCUT2D eigenvalue weighted by Gasteiger charge is -2.25. The fourth-order valence-corrected chi connectivity index (χ4v) is 3.79. The average Bonchev–Trinajstić information content (AvgIpc) is 2.68. The molecule has 0 spiro atoms. The number of likely N-dealkylation sites (tertiary alicyclic amines) is 1. The van der Waals surface area contributed by atoms with Gasteiger partial charge < -0.3 is 4.90 Å². The molecule has 1 heterocycles. The largest absolute Gasteiger partial charge is 0.335 e. The summed E-state index contributed by atoms with van der Waals surface area (Å²) in [5.41, 5.74) is 0.405. The van der Waals surface area contributed by atoms with E-state index in [0.717, 1.165) is 18.3 Å². The van der Waals surface area contributed by atoms with E-state index in [1.165, 1.54) is 12.1 Å². The third-order valence-corrected chi connectivity index (χ3v) is 4.53. The van der Waals surface area contributed by atoms with Gasteiger partial charge in [-0.1, -0.05) is 38.8 Å². The second-order valence-electron chi connectivity index (χ2n) is 4.64. The molecule has 1 fully saturated rings. The number of carbonyl (C=O) groups excluding carboxylic acids is 1. The van der Waals surface area contributed by atoms with Gasteiger partial charge in [-0.3, -0.25) is 4.79 Å². The lowest BCUT2D eigenvalue weighted by atomic mass is 10.0. The van der Waals surface area contributed by atoms with E-state index < -0.39 is 5.82 Å². The Morgan fingerprint density at radius 1 is 1.50 bits per heavy atom. The van der Waals surface area contributed by atoms with Gasteiger partial charge in [-0.25, -0.2) is 4.39 Å². The molecule has 2 atom stereocenters. The molecule has 0 saturated carbocycles. The molecular formula is C13H14Br2FNO. The highest BCUT2D eigenvalue weighted by Gasteiger charge is 2.34. The lowest BCUT2D eigenvalue weighted by molar-refractivity contribution is 0.0738. The normalized spacial score (nSPS) is 23.4. The Labute approximate surface area is 123 Å². The topological polar surface area (TPSA) is 20.3 Å². The van der Waals surface area contributed by atoms with Crippen LogP contribution in [-0.2, 0) is 0 Å². The van der Waals surface area contributed by atoms with Crippen molar-refractivity contribution in [2.45, 2.75) is 19.4 Å². The second-order valence-corrected chi connectivity index (χ2v) is 6.21. The Bertz CT molecular complexity index is 446. The molecule has 0 aliphatic carbocycles. The smallest absolute Gasteiger partial charge is 0.254 e. The monoisotopic (exact) mass is 377 g/mol. The highest BCUT2D eigenvalue weighted by molar-refractivity contribution is 9.10. The third kappa shape index (κ3) is 2.77. The average molecular weight is 379 g/mol. The van der Waals surface area contributed by atoms with E-state index in [2.05, 4.69) is 38.8 Å². The van der Waals surface area contributed by atoms with Crippen molar-refractivity contribution in [3.8, 4) is 0 Å². The van der Waals surface area contributed by atoms with Gasteiger partial charge in [0, 0.05) is 28.0 Å². The summed E-state index contributed by atoms with van der Waals surface area (Å²) in [6, 6.07) is 4.51. The summed E-state index contributed by atoms with van der Waals surface area (Å²) in [6.07, 6.45) is 0.999. The van der Waals surface area contributed by atoms with Crippen molar-refractivity contribution in [3.05, 3.63) is 34.1 Å². The van der Waals surface area contributed by atoms with E-state index in [-0.39, 0.29) is 11.9 Å². The first-order valence-electron chi connectivity index (χ1n) is 5.86. The van der Waals surface area contributed by atoms with Crippen LogP contribution in [0.2, 0.25) is 0 Å². The number of alkyl halides is 1. The van der Waals surface area contributed by atoms with Crippen LogP contribution in [0, 0.1) is 11.7 Å². The van der Waals surface area contributed by atoms with Crippen molar-refractivity contribution in [2.75, 3.05) is 11.9 Å². The van der Waals surface area contributed by atoms with E-state index >= 15 is 0 Å². The Morgan fingerprint density at radius 3 is 2.83 bits per heavy atom. The number of amides is 1. The van der Waals surface area contributed by atoms with Gasteiger partial charge in [0.1, 0.15) is 5.82 Å². The summed E-state index contributed by atoms with van der Waals surface area (Å²) in [7, 11) is 0. The van der Waals surface area contributed by atoms with Crippen LogP contribution >= 0.6 is 31.9 Å². The number of rotatable bonds is 2. The molecule has 1 amide bonds. The molecule has 1 saturated heterocycles. The Kier molecular flexibility index (Phi) is 4.43. The molecule has 1 aromatic rings. The van der Waals surface area contributed by atoms with Gasteiger partial charge in [-0.15, -0.1) is 0 Å². The fraction of sp³-hybridized carbons (Fsp3) is 0.462. The molecule has 0 radical (unpaired) electrons. The zero-order valence-electron chi connectivity index (χ0n) is 10.00. The summed E-state index contributed by atoms with van der Waals surface area (Å²) in [5.74, 6) is -0.00955. The van der Waals surface area contributed by atoms with Crippen molar-refractivity contribution in [3.63, 3.8) is 0 Å². The van der Waals surface area contributed by atoms with Crippen molar-refractivity contribution in [2.24, 2.45) is 5.92 Å². The van der Waals surface area contributed by atoms with Crippen LogP contribution in [0.3, 0.4) is 0 Å². The molecule has 1 aliphatic rings. The van der Waals surface area contributed by atoms with Crippen LogP contribution in [0.5, 0.6) is 0 Å².